The van der Waals surface area contributed by atoms with E-state index in [1.54, 1.807) is 26.8 Å². The maximum Gasteiger partial charge on any atom is 0.410 e. The average molecular weight is 775 g/mol. The number of fused-ring (bicyclic) bond motifs is 1. The number of likely N-dealkylation sites (tertiary alicyclic amines) is 1. The average Bonchev–Trinajstić information content (AvgIpc) is 3.99. The summed E-state index contributed by atoms with van der Waals surface area (Å²) >= 11 is 0. The third-order valence-corrected chi connectivity index (χ3v) is 11.7. The van der Waals surface area contributed by atoms with Gasteiger partial charge in [0.15, 0.2) is 0 Å². The zero-order valence-corrected chi connectivity index (χ0v) is 31.6. The standard InChI is InChI=1S/C36H47FN6O10S/c1-7-22-17-36(22,32(47)40-54(50,51)24-12-13-24)39-30(45)28-16-23(52-34(49)42-18-21-10-9-11-26(37)25(21)20-42)19-43(28)31(46)27(14-15-41(6)29(44)8-2)38-33(48)53-35(3,4)5/h7-11,22-24,27-28H,1-2,12-20H2,3-6H3,(H,38,48)(H,39,45)(H,40,47)/t22?,23-,27+,28?,36?/m1/s1. The number of amides is 6. The molecule has 5 atom stereocenters. The van der Waals surface area contributed by atoms with Gasteiger partial charge < -0.3 is 29.9 Å². The van der Waals surface area contributed by atoms with Crippen LogP contribution in [0.2, 0.25) is 0 Å². The van der Waals surface area contributed by atoms with Gasteiger partial charge >= 0.3 is 12.2 Å². The number of sulfonamides is 1. The van der Waals surface area contributed by atoms with Crippen LogP contribution in [-0.4, -0.2) is 114 Å². The van der Waals surface area contributed by atoms with Crippen LogP contribution in [0.25, 0.3) is 0 Å². The van der Waals surface area contributed by atoms with E-state index in [0.29, 0.717) is 24.0 Å². The number of ether oxygens (including phenoxy) is 2. The molecule has 1 aromatic rings. The first-order chi connectivity index (χ1) is 25.3. The smallest absolute Gasteiger partial charge is 0.410 e. The van der Waals surface area contributed by atoms with E-state index in [1.807, 2.05) is 0 Å². The molecule has 16 nitrogen and oxygen atoms in total. The molecule has 4 aliphatic rings. The number of benzene rings is 1. The monoisotopic (exact) mass is 774 g/mol. The molecule has 2 heterocycles. The number of rotatable bonds is 13. The number of alkyl carbamates (subject to hydrolysis) is 1. The molecule has 2 saturated carbocycles. The number of hydrogen-bond acceptors (Lipinski definition) is 10. The second kappa shape index (κ2) is 15.4. The summed E-state index contributed by atoms with van der Waals surface area (Å²) in [5.74, 6) is -4.09. The van der Waals surface area contributed by atoms with E-state index >= 15 is 0 Å². The Labute approximate surface area is 313 Å². The summed E-state index contributed by atoms with van der Waals surface area (Å²) in [6, 6.07) is 1.80. The lowest BCUT2D eigenvalue weighted by Crippen LogP contribution is -2.58. The maximum atomic E-state index is 14.4. The van der Waals surface area contributed by atoms with Crippen LogP contribution < -0.4 is 15.4 Å². The van der Waals surface area contributed by atoms with E-state index in [0.717, 1.165) is 11.0 Å². The van der Waals surface area contributed by atoms with Gasteiger partial charge in [0.05, 0.1) is 18.3 Å². The second-order valence-corrected chi connectivity index (χ2v) is 17.1. The number of carbonyl (C=O) groups is 6. The minimum absolute atomic E-state index is 0.0218. The highest BCUT2D eigenvalue weighted by atomic mass is 32.2. The molecule has 2 aliphatic carbocycles. The first kappa shape index (κ1) is 40.2. The molecule has 0 bridgehead atoms. The van der Waals surface area contributed by atoms with Crippen LogP contribution in [0.4, 0.5) is 14.0 Å². The SMILES string of the molecule is C=CC(=O)N(C)CC[C@H](NC(=O)OC(C)(C)C)C(=O)N1C[C@H](OC(=O)N2Cc3cccc(F)c3C2)CC1C(=O)NC1(C(=O)NS(=O)(=O)C2CC2)CC1C=C. The van der Waals surface area contributed by atoms with Crippen molar-refractivity contribution in [3.63, 3.8) is 0 Å². The second-order valence-electron chi connectivity index (χ2n) is 15.1. The predicted molar refractivity (Wildman–Crippen MR) is 191 cm³/mol. The fourth-order valence-electron chi connectivity index (χ4n) is 6.62. The summed E-state index contributed by atoms with van der Waals surface area (Å²) in [5.41, 5.74) is -1.65. The minimum Gasteiger partial charge on any atom is -0.444 e. The highest BCUT2D eigenvalue weighted by molar-refractivity contribution is 7.91. The molecule has 54 heavy (non-hydrogen) atoms. The van der Waals surface area contributed by atoms with E-state index in [9.17, 15) is 41.6 Å². The zero-order chi connectivity index (χ0) is 39.7. The largest absolute Gasteiger partial charge is 0.444 e. The van der Waals surface area contributed by atoms with Crippen LogP contribution in [0, 0.1) is 11.7 Å². The van der Waals surface area contributed by atoms with Gasteiger partial charge in [-0.25, -0.2) is 22.4 Å². The number of halogens is 1. The van der Waals surface area contributed by atoms with E-state index in [1.165, 1.54) is 35.1 Å². The summed E-state index contributed by atoms with van der Waals surface area (Å²) in [4.78, 5) is 84.1. The summed E-state index contributed by atoms with van der Waals surface area (Å²) in [6.45, 7) is 11.7. The van der Waals surface area contributed by atoms with Crippen molar-refractivity contribution in [2.45, 2.75) is 101 Å². The molecule has 0 aromatic heterocycles. The lowest BCUT2D eigenvalue weighted by molar-refractivity contribution is -0.141. The van der Waals surface area contributed by atoms with Gasteiger partial charge in [-0.1, -0.05) is 24.8 Å². The summed E-state index contributed by atoms with van der Waals surface area (Å²) in [6.07, 6.45) is 0.189. The van der Waals surface area contributed by atoms with Crippen molar-refractivity contribution in [3.8, 4) is 0 Å². The Balaban J connectivity index is 1.39. The summed E-state index contributed by atoms with van der Waals surface area (Å²) in [5, 5.41) is 4.48. The topological polar surface area (TPSA) is 201 Å². The Kier molecular flexibility index (Phi) is 11.5. The fourth-order valence-corrected chi connectivity index (χ4v) is 7.98. The third-order valence-electron chi connectivity index (χ3n) is 9.84. The van der Waals surface area contributed by atoms with Gasteiger partial charge in [0.25, 0.3) is 5.91 Å². The van der Waals surface area contributed by atoms with Gasteiger partial charge in [-0.3, -0.25) is 28.8 Å². The first-order valence-electron chi connectivity index (χ1n) is 17.7. The molecule has 2 aliphatic heterocycles. The van der Waals surface area contributed by atoms with Gasteiger partial charge in [-0.15, -0.1) is 6.58 Å². The lowest BCUT2D eigenvalue weighted by Gasteiger charge is -2.31. The van der Waals surface area contributed by atoms with Gasteiger partial charge in [0, 0.05) is 38.0 Å². The van der Waals surface area contributed by atoms with Crippen molar-refractivity contribution in [1.29, 1.82) is 0 Å². The molecule has 3 fully saturated rings. The molecule has 18 heteroatoms. The fraction of sp³-hybridized carbons (Fsp3) is 0.556. The van der Waals surface area contributed by atoms with Crippen LogP contribution in [0.15, 0.2) is 43.5 Å². The van der Waals surface area contributed by atoms with Crippen LogP contribution in [-0.2, 0) is 51.8 Å². The molecule has 294 valence electrons. The zero-order valence-electron chi connectivity index (χ0n) is 30.8. The lowest BCUT2D eigenvalue weighted by atomic mass is 10.1. The van der Waals surface area contributed by atoms with Gasteiger partial charge in [0.2, 0.25) is 27.7 Å². The highest BCUT2D eigenvalue weighted by Crippen LogP contribution is 2.45. The molecule has 0 spiro atoms. The molecular weight excluding hydrogens is 727 g/mol. The first-order valence-corrected chi connectivity index (χ1v) is 19.2. The number of carbonyl (C=O) groups excluding carboxylic acids is 6. The molecule has 1 saturated heterocycles. The Morgan fingerprint density at radius 2 is 1.83 bits per heavy atom. The minimum atomic E-state index is -3.97. The summed E-state index contributed by atoms with van der Waals surface area (Å²) in [7, 11) is -2.50. The molecule has 3 N–H and O–H groups in total. The summed E-state index contributed by atoms with van der Waals surface area (Å²) < 4.78 is 53.0. The van der Waals surface area contributed by atoms with Crippen molar-refractivity contribution < 1.29 is 51.0 Å². The van der Waals surface area contributed by atoms with Crippen LogP contribution in [0.5, 0.6) is 0 Å². The Bertz CT molecular complexity index is 1850. The Hall–Kier alpha value is -5.00. The number of likely N-dealkylation sites (N-methyl/N-ethyl adjacent to an activating group) is 1. The quantitative estimate of drug-likeness (QED) is 0.196. The van der Waals surface area contributed by atoms with Crippen molar-refractivity contribution in [1.82, 2.24) is 30.1 Å². The van der Waals surface area contributed by atoms with Gasteiger partial charge in [-0.05, 0) is 64.2 Å². The van der Waals surface area contributed by atoms with Crippen LogP contribution in [0.1, 0.15) is 64.0 Å². The van der Waals surface area contributed by atoms with Crippen LogP contribution in [0.3, 0.4) is 0 Å². The third kappa shape index (κ3) is 9.02. The Morgan fingerprint density at radius 1 is 1.13 bits per heavy atom. The normalized spacial score (nSPS) is 23.7. The Morgan fingerprint density at radius 3 is 2.43 bits per heavy atom. The molecule has 0 radical (unpaired) electrons. The van der Waals surface area contributed by atoms with E-state index in [2.05, 4.69) is 28.5 Å². The van der Waals surface area contributed by atoms with Gasteiger partial charge in [-0.2, -0.15) is 0 Å². The van der Waals surface area contributed by atoms with E-state index < -0.39 is 92.2 Å². The number of nitrogens with zero attached hydrogens (tertiary/aromatic N) is 3. The highest BCUT2D eigenvalue weighted by Gasteiger charge is 2.62. The van der Waals surface area contributed by atoms with Gasteiger partial charge in [0.1, 0.15) is 35.1 Å². The van der Waals surface area contributed by atoms with Crippen molar-refractivity contribution in [2.24, 2.45) is 5.92 Å². The number of hydrogen-bond donors (Lipinski definition) is 3. The van der Waals surface area contributed by atoms with Crippen molar-refractivity contribution in [3.05, 3.63) is 60.5 Å². The molecule has 3 unspecified atom stereocenters. The predicted octanol–water partition coefficient (Wildman–Crippen LogP) is 1.84. The maximum absolute atomic E-state index is 14.4. The van der Waals surface area contributed by atoms with Crippen molar-refractivity contribution >= 4 is 45.8 Å². The molecule has 1 aromatic carbocycles. The molecule has 5 rings (SSSR count). The van der Waals surface area contributed by atoms with E-state index in [-0.39, 0.29) is 45.4 Å². The van der Waals surface area contributed by atoms with Crippen molar-refractivity contribution in [2.75, 3.05) is 20.1 Å². The molecule has 6 amide bonds. The molecular formula is C36H47FN6O10S. The number of nitrogens with one attached hydrogen (secondary N) is 3. The van der Waals surface area contributed by atoms with Crippen LogP contribution >= 0.6 is 0 Å². The van der Waals surface area contributed by atoms with E-state index in [4.69, 9.17) is 9.47 Å².